The summed E-state index contributed by atoms with van der Waals surface area (Å²) in [5.41, 5.74) is 0. The molecule has 0 bridgehead atoms. The predicted octanol–water partition coefficient (Wildman–Crippen LogP) is 3.94. The summed E-state index contributed by atoms with van der Waals surface area (Å²) < 4.78 is 14.5. The topological polar surface area (TPSA) is 49.4 Å². The third-order valence-electron chi connectivity index (χ3n) is 2.69. The maximum atomic E-state index is 10.1. The molecule has 0 aliphatic heterocycles. The fourth-order valence-corrected chi connectivity index (χ4v) is 2.01. The van der Waals surface area contributed by atoms with Crippen molar-refractivity contribution in [2.24, 2.45) is 0 Å². The molecule has 1 radical (unpaired) electrons. The summed E-state index contributed by atoms with van der Waals surface area (Å²) in [7, 11) is -2.64. The molecule has 17 heavy (non-hydrogen) atoms. The fourth-order valence-electron chi connectivity index (χ4n) is 1.73. The zero-order valence-corrected chi connectivity index (χ0v) is 15.1. The molecule has 0 saturated heterocycles. The Bertz CT molecular complexity index is 168. The van der Waals surface area contributed by atoms with Crippen LogP contribution in [0.15, 0.2) is 0 Å². The van der Waals surface area contributed by atoms with Gasteiger partial charge in [0.05, 0.1) is 0 Å². The minimum absolute atomic E-state index is 0. The SMILES string of the molecule is CCCCCCCCCCCCO[P+](=O)[O-].[Nd+3]. The number of hydrogen-bond acceptors (Lipinski definition) is 3. The first-order valence-electron chi connectivity index (χ1n) is 6.54. The van der Waals surface area contributed by atoms with E-state index in [4.69, 9.17) is 0 Å². The Morgan fingerprint density at radius 3 is 1.71 bits per heavy atom. The Labute approximate surface area is 140 Å². The van der Waals surface area contributed by atoms with Crippen molar-refractivity contribution in [3.05, 3.63) is 0 Å². The standard InChI is InChI=1S/C12H25O3P.Nd/c1-2-3-4-5-6-7-8-9-10-11-12-15-16(13)14;/h2-12H2,1H3;/q;+3. The van der Waals surface area contributed by atoms with Crippen LogP contribution in [0.1, 0.15) is 71.1 Å². The van der Waals surface area contributed by atoms with Crippen molar-refractivity contribution in [2.45, 2.75) is 71.1 Å². The van der Waals surface area contributed by atoms with E-state index in [0.29, 0.717) is 6.61 Å². The Kier molecular flexibility index (Phi) is 21.1. The van der Waals surface area contributed by atoms with E-state index in [1.165, 1.54) is 51.4 Å². The molecule has 1 atom stereocenters. The van der Waals surface area contributed by atoms with Gasteiger partial charge in [-0.15, -0.1) is 4.52 Å². The monoisotopic (exact) mass is 390 g/mol. The minimum atomic E-state index is -2.64. The predicted molar refractivity (Wildman–Crippen MR) is 65.4 cm³/mol. The first-order chi connectivity index (χ1) is 7.77. The molecule has 0 heterocycles. The molecular formula is C12H25NdO3P+3. The average Bonchev–Trinajstić information content (AvgIpc) is 2.25. The maximum absolute atomic E-state index is 10.1. The van der Waals surface area contributed by atoms with Gasteiger partial charge in [0, 0.05) is 0 Å². The molecule has 0 aliphatic carbocycles. The van der Waals surface area contributed by atoms with Crippen LogP contribution < -0.4 is 4.89 Å². The molecule has 97 valence electrons. The summed E-state index contributed by atoms with van der Waals surface area (Å²) in [6.07, 6.45) is 12.5. The minimum Gasteiger partial charge on any atom is -0.566 e. The van der Waals surface area contributed by atoms with E-state index >= 15 is 0 Å². The Morgan fingerprint density at radius 1 is 0.882 bits per heavy atom. The molecule has 5 heteroatoms. The summed E-state index contributed by atoms with van der Waals surface area (Å²) in [5.74, 6) is 0. The van der Waals surface area contributed by atoms with Gasteiger partial charge in [0.1, 0.15) is 6.61 Å². The van der Waals surface area contributed by atoms with Crippen LogP contribution in [0.25, 0.3) is 0 Å². The first-order valence-corrected chi connectivity index (χ1v) is 7.64. The molecule has 0 N–H and O–H groups in total. The second-order valence-corrected chi connectivity index (χ2v) is 4.94. The van der Waals surface area contributed by atoms with E-state index in [1.54, 1.807) is 0 Å². The molecular weight excluding hydrogens is 367 g/mol. The zero-order valence-electron chi connectivity index (χ0n) is 11.0. The summed E-state index contributed by atoms with van der Waals surface area (Å²) in [6, 6.07) is 0. The van der Waals surface area contributed by atoms with Crippen molar-refractivity contribution in [1.29, 1.82) is 0 Å². The van der Waals surface area contributed by atoms with Crippen LogP contribution in [0, 0.1) is 40.8 Å². The van der Waals surface area contributed by atoms with E-state index in [-0.39, 0.29) is 40.8 Å². The van der Waals surface area contributed by atoms with Crippen LogP contribution in [0.2, 0.25) is 0 Å². The van der Waals surface area contributed by atoms with Crippen molar-refractivity contribution in [2.75, 3.05) is 6.61 Å². The molecule has 3 nitrogen and oxygen atoms in total. The molecule has 0 aromatic heterocycles. The van der Waals surface area contributed by atoms with E-state index < -0.39 is 8.25 Å². The van der Waals surface area contributed by atoms with Gasteiger partial charge in [0.15, 0.2) is 0 Å². The van der Waals surface area contributed by atoms with Gasteiger partial charge in [-0.1, -0.05) is 64.7 Å². The zero-order chi connectivity index (χ0) is 12.1. The Hall–Kier alpha value is 1.37. The molecule has 0 aliphatic rings. The van der Waals surface area contributed by atoms with Crippen molar-refractivity contribution in [3.63, 3.8) is 0 Å². The summed E-state index contributed by atoms with van der Waals surface area (Å²) in [5, 5.41) is 0. The fraction of sp³-hybridized carbons (Fsp3) is 1.00. The Balaban J connectivity index is 0. The van der Waals surface area contributed by atoms with Gasteiger partial charge in [0.25, 0.3) is 0 Å². The van der Waals surface area contributed by atoms with Gasteiger partial charge < -0.3 is 4.89 Å². The van der Waals surface area contributed by atoms with Crippen LogP contribution in [0.5, 0.6) is 0 Å². The van der Waals surface area contributed by atoms with E-state index in [1.807, 2.05) is 0 Å². The van der Waals surface area contributed by atoms with Gasteiger partial charge >= 0.3 is 49.1 Å². The summed E-state index contributed by atoms with van der Waals surface area (Å²) in [4.78, 5) is 10.1. The van der Waals surface area contributed by atoms with E-state index in [2.05, 4.69) is 11.4 Å². The first kappa shape index (κ1) is 20.7. The molecule has 0 aromatic rings. The molecule has 0 aromatic carbocycles. The largest absolute Gasteiger partial charge is 3.00 e. The number of rotatable bonds is 12. The van der Waals surface area contributed by atoms with Crippen LogP contribution in [0.3, 0.4) is 0 Å². The third kappa shape index (κ3) is 19.9. The average molecular weight is 393 g/mol. The second-order valence-electron chi connectivity index (χ2n) is 4.24. The summed E-state index contributed by atoms with van der Waals surface area (Å²) in [6.45, 7) is 2.59. The van der Waals surface area contributed by atoms with Crippen LogP contribution in [-0.4, -0.2) is 6.61 Å². The van der Waals surface area contributed by atoms with Gasteiger partial charge in [-0.25, -0.2) is 0 Å². The molecule has 0 saturated carbocycles. The Morgan fingerprint density at radius 2 is 1.29 bits per heavy atom. The normalized spacial score (nSPS) is 11.1. The van der Waals surface area contributed by atoms with Crippen LogP contribution >= 0.6 is 8.25 Å². The van der Waals surface area contributed by atoms with Crippen molar-refractivity contribution in [1.82, 2.24) is 0 Å². The molecule has 0 rings (SSSR count). The number of hydrogen-bond donors (Lipinski definition) is 0. The van der Waals surface area contributed by atoms with Crippen molar-refractivity contribution < 1.29 is 54.8 Å². The van der Waals surface area contributed by atoms with Crippen LogP contribution in [-0.2, 0) is 9.09 Å². The number of unbranched alkanes of at least 4 members (excludes halogenated alkanes) is 9. The third-order valence-corrected chi connectivity index (χ3v) is 3.09. The molecule has 0 fully saturated rings. The van der Waals surface area contributed by atoms with Gasteiger partial charge in [0.2, 0.25) is 0 Å². The van der Waals surface area contributed by atoms with E-state index in [0.717, 1.165) is 12.8 Å². The van der Waals surface area contributed by atoms with Gasteiger partial charge in [-0.3, -0.25) is 0 Å². The van der Waals surface area contributed by atoms with Gasteiger partial charge in [-0.2, -0.15) is 0 Å². The molecule has 0 spiro atoms. The van der Waals surface area contributed by atoms with Crippen LogP contribution in [0.4, 0.5) is 0 Å². The maximum Gasteiger partial charge on any atom is 3.00 e. The van der Waals surface area contributed by atoms with Crippen molar-refractivity contribution >= 4 is 8.25 Å². The van der Waals surface area contributed by atoms with E-state index in [9.17, 15) is 9.46 Å². The quantitative estimate of drug-likeness (QED) is 0.373. The van der Waals surface area contributed by atoms with Gasteiger partial charge in [-0.05, 0) is 11.0 Å². The second kappa shape index (κ2) is 17.4. The molecule has 1 unspecified atom stereocenters. The van der Waals surface area contributed by atoms with Crippen molar-refractivity contribution in [3.8, 4) is 0 Å². The smallest absolute Gasteiger partial charge is 0.566 e. The summed E-state index contributed by atoms with van der Waals surface area (Å²) >= 11 is 0. The molecule has 0 amide bonds.